The molecule has 0 saturated heterocycles. The molecule has 0 radical (unpaired) electrons. The maximum atomic E-state index is 11.2. The Bertz CT molecular complexity index is 561. The normalized spacial score (nSPS) is 17.8. The number of carbonyl (C=O) groups excluding carboxylic acids is 1. The molecule has 0 atom stereocenters. The second-order valence-corrected chi connectivity index (χ2v) is 4.93. The van der Waals surface area contributed by atoms with Crippen LogP contribution in [0.15, 0.2) is 24.4 Å². The molecule has 3 rings (SSSR count). The molecule has 1 aromatic carbocycles. The average molecular weight is 228 g/mol. The summed E-state index contributed by atoms with van der Waals surface area (Å²) in [5.74, 6) is 0.958. The molecule has 0 aliphatic heterocycles. The van der Waals surface area contributed by atoms with Crippen LogP contribution in [-0.2, 0) is 11.8 Å². The minimum Gasteiger partial charge on any atom is -0.300 e. The van der Waals surface area contributed by atoms with E-state index in [1.807, 2.05) is 17.9 Å². The van der Waals surface area contributed by atoms with E-state index in [2.05, 4.69) is 23.3 Å². The number of fused-ring (bicyclic) bond motifs is 1. The first-order valence-electron chi connectivity index (χ1n) is 6.17. The summed E-state index contributed by atoms with van der Waals surface area (Å²) >= 11 is 0. The quantitative estimate of drug-likeness (QED) is 0.752. The van der Waals surface area contributed by atoms with Crippen LogP contribution in [0.3, 0.4) is 0 Å². The lowest BCUT2D eigenvalue weighted by molar-refractivity contribution is -0.120. The van der Waals surface area contributed by atoms with Gasteiger partial charge >= 0.3 is 0 Å². The standard InChI is InChI=1S/C14H16N2O/c1-16-9-12-3-2-11(8-14(12)15-16)10-4-6-13(17)7-5-10/h2-3,8-10H,4-7H2,1H3. The van der Waals surface area contributed by atoms with E-state index in [-0.39, 0.29) is 0 Å². The number of nitrogens with zero attached hydrogens (tertiary/aromatic N) is 2. The third-order valence-corrected chi connectivity index (χ3v) is 3.66. The van der Waals surface area contributed by atoms with Crippen molar-refractivity contribution in [1.29, 1.82) is 0 Å². The number of benzene rings is 1. The Morgan fingerprint density at radius 3 is 2.82 bits per heavy atom. The highest BCUT2D eigenvalue weighted by molar-refractivity contribution is 5.80. The molecule has 0 amide bonds. The van der Waals surface area contributed by atoms with Gasteiger partial charge in [-0.15, -0.1) is 0 Å². The smallest absolute Gasteiger partial charge is 0.132 e. The van der Waals surface area contributed by atoms with Gasteiger partial charge in [0.05, 0.1) is 5.52 Å². The van der Waals surface area contributed by atoms with E-state index in [1.54, 1.807) is 0 Å². The molecule has 3 heteroatoms. The molecule has 0 unspecified atom stereocenters. The van der Waals surface area contributed by atoms with Crippen molar-refractivity contribution in [2.24, 2.45) is 7.05 Å². The average Bonchev–Trinajstić information content (AvgIpc) is 2.69. The third kappa shape index (κ3) is 1.97. The van der Waals surface area contributed by atoms with Crippen LogP contribution in [0.4, 0.5) is 0 Å². The zero-order valence-electron chi connectivity index (χ0n) is 10.0. The molecule has 88 valence electrons. The van der Waals surface area contributed by atoms with Crippen molar-refractivity contribution in [3.63, 3.8) is 0 Å². The fraction of sp³-hybridized carbons (Fsp3) is 0.429. The second-order valence-electron chi connectivity index (χ2n) is 4.93. The highest BCUT2D eigenvalue weighted by Gasteiger charge is 2.20. The van der Waals surface area contributed by atoms with Gasteiger partial charge in [-0.3, -0.25) is 9.48 Å². The summed E-state index contributed by atoms with van der Waals surface area (Å²) in [5, 5.41) is 5.62. The molecular formula is C14H16N2O. The highest BCUT2D eigenvalue weighted by Crippen LogP contribution is 2.32. The third-order valence-electron chi connectivity index (χ3n) is 3.66. The van der Waals surface area contributed by atoms with Crippen molar-refractivity contribution in [3.8, 4) is 0 Å². The second kappa shape index (κ2) is 3.99. The number of aromatic nitrogens is 2. The molecule has 1 fully saturated rings. The fourth-order valence-electron chi connectivity index (χ4n) is 2.68. The molecule has 0 spiro atoms. The molecular weight excluding hydrogens is 212 g/mol. The van der Waals surface area contributed by atoms with Crippen LogP contribution in [0.25, 0.3) is 10.9 Å². The van der Waals surface area contributed by atoms with E-state index in [1.165, 1.54) is 10.9 Å². The molecule has 1 aliphatic rings. The summed E-state index contributed by atoms with van der Waals surface area (Å²) in [6.45, 7) is 0. The highest BCUT2D eigenvalue weighted by atomic mass is 16.1. The van der Waals surface area contributed by atoms with Crippen molar-refractivity contribution < 1.29 is 4.79 Å². The van der Waals surface area contributed by atoms with Crippen LogP contribution in [0.2, 0.25) is 0 Å². The Kier molecular flexibility index (Phi) is 2.46. The summed E-state index contributed by atoms with van der Waals surface area (Å²) in [7, 11) is 1.94. The van der Waals surface area contributed by atoms with Gasteiger partial charge in [0.15, 0.2) is 0 Å². The lowest BCUT2D eigenvalue weighted by Crippen LogP contribution is -2.12. The van der Waals surface area contributed by atoms with Gasteiger partial charge < -0.3 is 0 Å². The molecule has 0 N–H and O–H groups in total. The van der Waals surface area contributed by atoms with E-state index in [0.717, 1.165) is 31.2 Å². The van der Waals surface area contributed by atoms with Gasteiger partial charge in [-0.05, 0) is 30.4 Å². The maximum Gasteiger partial charge on any atom is 0.132 e. The van der Waals surface area contributed by atoms with Crippen molar-refractivity contribution in [3.05, 3.63) is 30.0 Å². The number of aryl methyl sites for hydroxylation is 1. The maximum absolute atomic E-state index is 11.2. The summed E-state index contributed by atoms with van der Waals surface area (Å²) in [6, 6.07) is 6.49. The summed E-state index contributed by atoms with van der Waals surface area (Å²) < 4.78 is 1.85. The van der Waals surface area contributed by atoms with Crippen molar-refractivity contribution in [2.75, 3.05) is 0 Å². The zero-order chi connectivity index (χ0) is 11.8. The molecule has 3 nitrogen and oxygen atoms in total. The molecule has 0 bridgehead atoms. The minimum atomic E-state index is 0.417. The van der Waals surface area contributed by atoms with Gasteiger partial charge in [-0.1, -0.05) is 12.1 Å². The van der Waals surface area contributed by atoms with E-state index in [9.17, 15) is 4.79 Å². The van der Waals surface area contributed by atoms with Gasteiger partial charge in [-0.2, -0.15) is 5.10 Å². The van der Waals surface area contributed by atoms with Gasteiger partial charge in [0, 0.05) is 31.5 Å². The molecule has 2 aromatic rings. The van der Waals surface area contributed by atoms with Gasteiger partial charge in [0.25, 0.3) is 0 Å². The van der Waals surface area contributed by atoms with Gasteiger partial charge in [-0.25, -0.2) is 0 Å². The van der Waals surface area contributed by atoms with Crippen LogP contribution in [-0.4, -0.2) is 15.6 Å². The largest absolute Gasteiger partial charge is 0.300 e. The van der Waals surface area contributed by atoms with Crippen molar-refractivity contribution in [1.82, 2.24) is 9.78 Å². The van der Waals surface area contributed by atoms with E-state index in [4.69, 9.17) is 0 Å². The molecule has 1 heterocycles. The van der Waals surface area contributed by atoms with E-state index >= 15 is 0 Å². The van der Waals surface area contributed by atoms with Crippen molar-refractivity contribution >= 4 is 16.7 Å². The number of hydrogen-bond donors (Lipinski definition) is 0. The molecule has 1 saturated carbocycles. The predicted octanol–water partition coefficient (Wildman–Crippen LogP) is 2.80. The Labute approximate surface area is 100 Å². The SMILES string of the molecule is Cn1cc2ccc(C3CCC(=O)CC3)cc2n1. The minimum absolute atomic E-state index is 0.417. The Balaban J connectivity index is 1.92. The Hall–Kier alpha value is -1.64. The Morgan fingerprint density at radius 2 is 2.06 bits per heavy atom. The zero-order valence-corrected chi connectivity index (χ0v) is 10.0. The number of Topliss-reactive ketones (excluding diaryl/α,β-unsaturated/α-hetero) is 1. The number of carbonyl (C=O) groups is 1. The molecule has 1 aliphatic carbocycles. The summed E-state index contributed by atoms with van der Waals surface area (Å²) in [4.78, 5) is 11.2. The lowest BCUT2D eigenvalue weighted by atomic mass is 9.83. The van der Waals surface area contributed by atoms with Crippen LogP contribution < -0.4 is 0 Å². The summed E-state index contributed by atoms with van der Waals surface area (Å²) in [5.41, 5.74) is 2.39. The number of rotatable bonds is 1. The summed E-state index contributed by atoms with van der Waals surface area (Å²) in [6.07, 6.45) is 5.51. The topological polar surface area (TPSA) is 34.9 Å². The number of ketones is 1. The van der Waals surface area contributed by atoms with E-state index < -0.39 is 0 Å². The predicted molar refractivity (Wildman–Crippen MR) is 66.9 cm³/mol. The molecule has 1 aromatic heterocycles. The first-order valence-corrected chi connectivity index (χ1v) is 6.17. The van der Waals surface area contributed by atoms with Crippen LogP contribution in [0, 0.1) is 0 Å². The Morgan fingerprint density at radius 1 is 1.29 bits per heavy atom. The monoisotopic (exact) mass is 228 g/mol. The first kappa shape index (κ1) is 10.5. The first-order chi connectivity index (χ1) is 8.22. The molecule has 17 heavy (non-hydrogen) atoms. The van der Waals surface area contributed by atoms with Crippen molar-refractivity contribution in [2.45, 2.75) is 31.6 Å². The fourth-order valence-corrected chi connectivity index (χ4v) is 2.68. The van der Waals surface area contributed by atoms with Crippen LogP contribution >= 0.6 is 0 Å². The lowest BCUT2D eigenvalue weighted by Gasteiger charge is -2.21. The van der Waals surface area contributed by atoms with Crippen LogP contribution in [0.1, 0.15) is 37.2 Å². The van der Waals surface area contributed by atoms with Gasteiger partial charge in [0.2, 0.25) is 0 Å². The van der Waals surface area contributed by atoms with Crippen LogP contribution in [0.5, 0.6) is 0 Å². The van der Waals surface area contributed by atoms with E-state index in [0.29, 0.717) is 11.7 Å². The number of hydrogen-bond acceptors (Lipinski definition) is 2. The van der Waals surface area contributed by atoms with Gasteiger partial charge in [0.1, 0.15) is 5.78 Å².